The second-order valence-corrected chi connectivity index (χ2v) is 0. The van der Waals surface area contributed by atoms with Crippen LogP contribution in [0.5, 0.6) is 0 Å². The maximum atomic E-state index is 0. The summed E-state index contributed by atoms with van der Waals surface area (Å²) < 4.78 is 0. The van der Waals surface area contributed by atoms with Crippen molar-refractivity contribution in [1.82, 2.24) is 0 Å². The SMILES string of the molecule is [C+4].[I-].[I-].[I-].[I-].[I-].[K+]. The van der Waals surface area contributed by atoms with E-state index >= 15 is 0 Å². The molecule has 0 aromatic rings. The zero-order chi connectivity index (χ0) is 0. The van der Waals surface area contributed by atoms with Crippen molar-refractivity contribution in [3.63, 3.8) is 0 Å². The van der Waals surface area contributed by atoms with Gasteiger partial charge in [-0.2, -0.15) is 0 Å². The Bertz CT molecular complexity index is 8.04. The minimum Gasteiger partial charge on any atom is -1.00 e. The molecule has 0 radical (unpaired) electrons. The van der Waals surface area contributed by atoms with Crippen LogP contribution in [0.25, 0.3) is 0 Å². The zero-order valence-corrected chi connectivity index (χ0v) is 17.3. The summed E-state index contributed by atoms with van der Waals surface area (Å²) in [5, 5.41) is 0. The van der Waals surface area contributed by atoms with Crippen LogP contribution in [0.1, 0.15) is 0 Å². The van der Waals surface area contributed by atoms with Gasteiger partial charge in [-0.25, -0.2) is 0 Å². The van der Waals surface area contributed by atoms with Crippen molar-refractivity contribution in [2.45, 2.75) is 0 Å². The fourth-order valence-electron chi connectivity index (χ4n) is 0. The Morgan fingerprint density at radius 1 is 0.429 bits per heavy atom. The summed E-state index contributed by atoms with van der Waals surface area (Å²) in [5.74, 6) is 0. The van der Waals surface area contributed by atoms with E-state index in [1.807, 2.05) is 0 Å². The van der Waals surface area contributed by atoms with E-state index in [0.29, 0.717) is 0 Å². The molecule has 0 N–H and O–H groups in total. The van der Waals surface area contributed by atoms with Crippen molar-refractivity contribution >= 4 is 0 Å². The molecule has 0 atom stereocenters. The van der Waals surface area contributed by atoms with Gasteiger partial charge in [-0.1, -0.05) is 0 Å². The molecule has 0 unspecified atom stereocenters. The van der Waals surface area contributed by atoms with Crippen LogP contribution in [-0.4, -0.2) is 0 Å². The Kier molecular flexibility index (Phi) is 342. The molecular weight excluding hydrogens is 686 g/mol. The summed E-state index contributed by atoms with van der Waals surface area (Å²) in [7, 11) is 0. The van der Waals surface area contributed by atoms with Crippen LogP contribution in [0.4, 0.5) is 0 Å². The van der Waals surface area contributed by atoms with E-state index in [4.69, 9.17) is 0 Å². The van der Waals surface area contributed by atoms with Crippen LogP contribution < -0.4 is 171 Å². The van der Waals surface area contributed by atoms with Crippen molar-refractivity contribution in [3.05, 3.63) is 7.43 Å². The summed E-state index contributed by atoms with van der Waals surface area (Å²) in [4.78, 5) is 0. The van der Waals surface area contributed by atoms with Gasteiger partial charge in [0, 0.05) is 0 Å². The van der Waals surface area contributed by atoms with Crippen LogP contribution in [0.15, 0.2) is 0 Å². The Labute approximate surface area is 173 Å². The second kappa shape index (κ2) is 42.7. The summed E-state index contributed by atoms with van der Waals surface area (Å²) in [6, 6.07) is 0. The molecule has 0 bridgehead atoms. The molecule has 0 saturated heterocycles. The average molecular weight is 686 g/mol. The average Bonchev–Trinajstić information content (AvgIpc) is 0. The molecule has 0 aliphatic heterocycles. The van der Waals surface area contributed by atoms with E-state index in [1.54, 1.807) is 0 Å². The fourth-order valence-corrected chi connectivity index (χ4v) is 0. The summed E-state index contributed by atoms with van der Waals surface area (Å²) in [5.41, 5.74) is 0. The van der Waals surface area contributed by atoms with Crippen LogP contribution in [0.2, 0.25) is 0 Å². The van der Waals surface area contributed by atoms with Gasteiger partial charge < -0.3 is 120 Å². The van der Waals surface area contributed by atoms with Gasteiger partial charge in [0.1, 0.15) is 0 Å². The molecule has 0 fully saturated rings. The number of hydrogen-bond acceptors (Lipinski definition) is 0. The molecule has 0 rings (SSSR count). The van der Waals surface area contributed by atoms with Crippen molar-refractivity contribution in [2.24, 2.45) is 0 Å². The van der Waals surface area contributed by atoms with E-state index in [0.717, 1.165) is 0 Å². The smallest absolute Gasteiger partial charge is 1.00 e. The molecule has 0 amide bonds. The van der Waals surface area contributed by atoms with Crippen molar-refractivity contribution in [1.29, 1.82) is 0 Å². The molecule has 0 aromatic heterocycles. The predicted molar refractivity (Wildman–Crippen MR) is 3.24 cm³/mol. The van der Waals surface area contributed by atoms with Gasteiger partial charge in [-0.3, -0.25) is 0 Å². The zero-order valence-electron chi connectivity index (χ0n) is 3.39. The van der Waals surface area contributed by atoms with Crippen molar-refractivity contribution < 1.29 is 171 Å². The standard InChI is InChI=1S/C.5HI.K/h;5*1H;/q+4;;;;;;+1/p-5. The van der Waals surface area contributed by atoms with Crippen LogP contribution in [-0.2, 0) is 0 Å². The van der Waals surface area contributed by atoms with E-state index in [-0.39, 0.29) is 179 Å². The molecule has 6 heteroatoms. The molecule has 0 nitrogen and oxygen atoms in total. The first-order valence-electron chi connectivity index (χ1n) is 0. The summed E-state index contributed by atoms with van der Waals surface area (Å²) in [6.07, 6.45) is 0. The minimum absolute atomic E-state index is 0. The van der Waals surface area contributed by atoms with E-state index in [2.05, 4.69) is 0 Å². The molecule has 0 aliphatic carbocycles. The summed E-state index contributed by atoms with van der Waals surface area (Å²) in [6.45, 7) is 0. The first-order valence-corrected chi connectivity index (χ1v) is 0. The second-order valence-electron chi connectivity index (χ2n) is 0. The quantitative estimate of drug-likeness (QED) is 0.176. The fraction of sp³-hybridized carbons (Fsp3) is 0. The van der Waals surface area contributed by atoms with E-state index in [9.17, 15) is 0 Å². The third-order valence-corrected chi connectivity index (χ3v) is 0. The largest absolute Gasteiger partial charge is 4.00 e. The van der Waals surface area contributed by atoms with Gasteiger partial charge in [-0.15, -0.1) is 0 Å². The first kappa shape index (κ1) is 56.0. The van der Waals surface area contributed by atoms with Gasteiger partial charge in [-0.05, 0) is 0 Å². The maximum absolute atomic E-state index is 0. The number of halogens is 5. The molecule has 7 heavy (non-hydrogen) atoms. The monoisotopic (exact) mass is 685 g/mol. The Morgan fingerprint density at radius 2 is 0.429 bits per heavy atom. The third kappa shape index (κ3) is 34.8. The van der Waals surface area contributed by atoms with Gasteiger partial charge >= 0.3 is 58.8 Å². The molecule has 0 aliphatic rings. The van der Waals surface area contributed by atoms with Crippen molar-refractivity contribution in [2.75, 3.05) is 0 Å². The Balaban J connectivity index is 0. The maximum Gasteiger partial charge on any atom is 4.00 e. The van der Waals surface area contributed by atoms with Gasteiger partial charge in [0.15, 0.2) is 0 Å². The molecule has 0 heterocycles. The molecule has 40 valence electrons. The topological polar surface area (TPSA) is 0 Å². The Hall–Kier alpha value is 5.29. The summed E-state index contributed by atoms with van der Waals surface area (Å²) >= 11 is 0. The minimum atomic E-state index is 0. The van der Waals surface area contributed by atoms with Crippen LogP contribution in [0, 0.1) is 7.43 Å². The molecule has 0 saturated carbocycles. The van der Waals surface area contributed by atoms with Gasteiger partial charge in [0.25, 0.3) is 0 Å². The van der Waals surface area contributed by atoms with Gasteiger partial charge in [0.2, 0.25) is 0 Å². The van der Waals surface area contributed by atoms with E-state index in [1.165, 1.54) is 0 Å². The third-order valence-electron chi connectivity index (χ3n) is 0. The molecule has 0 spiro atoms. The molecule has 0 aromatic carbocycles. The van der Waals surface area contributed by atoms with Crippen LogP contribution >= 0.6 is 0 Å². The van der Waals surface area contributed by atoms with Crippen LogP contribution in [0.3, 0.4) is 0 Å². The van der Waals surface area contributed by atoms with E-state index < -0.39 is 0 Å². The van der Waals surface area contributed by atoms with Gasteiger partial charge in [0.05, 0.1) is 0 Å². The first-order chi connectivity index (χ1) is 0. The molecular formula is CI5K. The number of hydrogen-bond donors (Lipinski definition) is 0. The Morgan fingerprint density at radius 3 is 0.429 bits per heavy atom. The predicted octanol–water partition coefficient (Wildman–Crippen LogP) is -17.9. The number of rotatable bonds is 0. The normalized spacial score (nSPS) is 0. The van der Waals surface area contributed by atoms with Crippen molar-refractivity contribution in [3.8, 4) is 0 Å².